The average Bonchev–Trinajstić information content (AvgIpc) is 2.43. The van der Waals surface area contributed by atoms with Crippen molar-refractivity contribution >= 4 is 5.91 Å². The van der Waals surface area contributed by atoms with Crippen molar-refractivity contribution < 1.29 is 4.79 Å². The summed E-state index contributed by atoms with van der Waals surface area (Å²) in [6.45, 7) is 0.406. The molecule has 4 nitrogen and oxygen atoms in total. The number of carbonyl (C=O) groups is 1. The molecule has 2 saturated heterocycles. The van der Waals surface area contributed by atoms with Crippen molar-refractivity contribution in [1.29, 1.82) is 0 Å². The van der Waals surface area contributed by atoms with Gasteiger partial charge in [-0.05, 0) is 38.6 Å². The second-order valence-corrected chi connectivity index (χ2v) is 5.03. The Labute approximate surface area is 91.0 Å². The van der Waals surface area contributed by atoms with Gasteiger partial charge in [0.2, 0.25) is 5.91 Å². The van der Waals surface area contributed by atoms with Crippen molar-refractivity contribution in [2.75, 3.05) is 13.6 Å². The molecule has 1 amide bonds. The van der Waals surface area contributed by atoms with Gasteiger partial charge >= 0.3 is 0 Å². The predicted molar refractivity (Wildman–Crippen MR) is 59.0 cm³/mol. The lowest BCUT2D eigenvalue weighted by Crippen LogP contribution is -2.46. The molecule has 2 rings (SSSR count). The van der Waals surface area contributed by atoms with Gasteiger partial charge in [-0.3, -0.25) is 4.79 Å². The fourth-order valence-corrected chi connectivity index (χ4v) is 3.32. The predicted octanol–water partition coefficient (Wildman–Crippen LogP) is -0.0806. The standard InChI is InChI=1S/C11H21N3O/c1-14-8-2-3-9(14)5-7(4-8)10(6-12)11(13)15/h7-10H,2-6,12H2,1H3,(H2,13,15)/t8-,9-,10+/m0/s1. The highest BCUT2D eigenvalue weighted by Gasteiger charge is 2.41. The molecule has 3 atom stereocenters. The molecule has 4 heteroatoms. The molecular weight excluding hydrogens is 190 g/mol. The van der Waals surface area contributed by atoms with Gasteiger partial charge in [-0.1, -0.05) is 0 Å². The summed E-state index contributed by atoms with van der Waals surface area (Å²) in [7, 11) is 2.19. The van der Waals surface area contributed by atoms with E-state index in [1.54, 1.807) is 0 Å². The summed E-state index contributed by atoms with van der Waals surface area (Å²) in [5.74, 6) is 0.0921. The monoisotopic (exact) mass is 211 g/mol. The van der Waals surface area contributed by atoms with Gasteiger partial charge < -0.3 is 16.4 Å². The molecule has 0 saturated carbocycles. The van der Waals surface area contributed by atoms with E-state index >= 15 is 0 Å². The maximum absolute atomic E-state index is 11.3. The van der Waals surface area contributed by atoms with Gasteiger partial charge in [0.25, 0.3) is 0 Å². The number of carbonyl (C=O) groups excluding carboxylic acids is 1. The second-order valence-electron chi connectivity index (χ2n) is 5.03. The van der Waals surface area contributed by atoms with E-state index in [1.165, 1.54) is 12.8 Å². The average molecular weight is 211 g/mol. The molecule has 15 heavy (non-hydrogen) atoms. The zero-order valence-electron chi connectivity index (χ0n) is 9.36. The van der Waals surface area contributed by atoms with Crippen LogP contribution in [0.3, 0.4) is 0 Å². The molecule has 2 aliphatic heterocycles. The summed E-state index contributed by atoms with van der Waals surface area (Å²) in [6, 6.07) is 1.31. The minimum atomic E-state index is -0.216. The van der Waals surface area contributed by atoms with Crippen LogP contribution in [0, 0.1) is 11.8 Å². The van der Waals surface area contributed by atoms with Crippen LogP contribution in [0.15, 0.2) is 0 Å². The third-order valence-electron chi connectivity index (χ3n) is 4.32. The number of piperidine rings is 1. The Hall–Kier alpha value is -0.610. The first-order valence-corrected chi connectivity index (χ1v) is 5.84. The second kappa shape index (κ2) is 4.10. The van der Waals surface area contributed by atoms with Gasteiger partial charge in [0.15, 0.2) is 0 Å². The topological polar surface area (TPSA) is 72.3 Å². The van der Waals surface area contributed by atoms with Crippen LogP contribution in [0.4, 0.5) is 0 Å². The summed E-state index contributed by atoms with van der Waals surface area (Å²) in [5, 5.41) is 0. The van der Waals surface area contributed by atoms with E-state index in [-0.39, 0.29) is 11.8 Å². The van der Waals surface area contributed by atoms with E-state index in [0.29, 0.717) is 24.5 Å². The number of fused-ring (bicyclic) bond motifs is 2. The maximum atomic E-state index is 11.3. The van der Waals surface area contributed by atoms with Crippen molar-refractivity contribution in [3.05, 3.63) is 0 Å². The molecule has 0 aliphatic carbocycles. The molecule has 4 N–H and O–H groups in total. The number of rotatable bonds is 3. The Balaban J connectivity index is 2.04. The van der Waals surface area contributed by atoms with Crippen molar-refractivity contribution in [3.63, 3.8) is 0 Å². The van der Waals surface area contributed by atoms with E-state index in [0.717, 1.165) is 12.8 Å². The van der Waals surface area contributed by atoms with Gasteiger partial charge in [0.05, 0.1) is 5.92 Å². The maximum Gasteiger partial charge on any atom is 0.222 e. The third-order valence-corrected chi connectivity index (χ3v) is 4.32. The lowest BCUT2D eigenvalue weighted by molar-refractivity contribution is -0.124. The SMILES string of the molecule is CN1[C@H]2CC[C@H]1CC([C@@H](CN)C(N)=O)C2. The van der Waals surface area contributed by atoms with Crippen LogP contribution in [0.5, 0.6) is 0 Å². The van der Waals surface area contributed by atoms with Gasteiger partial charge in [-0.25, -0.2) is 0 Å². The van der Waals surface area contributed by atoms with Gasteiger partial charge in [0.1, 0.15) is 0 Å². The Morgan fingerprint density at radius 2 is 1.93 bits per heavy atom. The molecule has 2 heterocycles. The quantitative estimate of drug-likeness (QED) is 0.686. The molecule has 0 radical (unpaired) electrons. The highest BCUT2D eigenvalue weighted by Crippen LogP contribution is 2.40. The van der Waals surface area contributed by atoms with E-state index in [1.807, 2.05) is 0 Å². The number of hydrogen-bond acceptors (Lipinski definition) is 3. The number of amides is 1. The van der Waals surface area contributed by atoms with E-state index in [9.17, 15) is 4.79 Å². The van der Waals surface area contributed by atoms with Crippen LogP contribution in [0.2, 0.25) is 0 Å². The molecule has 0 aromatic heterocycles. The largest absolute Gasteiger partial charge is 0.369 e. The number of nitrogens with two attached hydrogens (primary N) is 2. The summed E-state index contributed by atoms with van der Waals surface area (Å²) in [6.07, 6.45) is 4.73. The summed E-state index contributed by atoms with van der Waals surface area (Å²) in [5.41, 5.74) is 11.0. The molecule has 0 spiro atoms. The molecule has 0 unspecified atom stereocenters. The Morgan fingerprint density at radius 3 is 2.33 bits per heavy atom. The highest BCUT2D eigenvalue weighted by atomic mass is 16.1. The lowest BCUT2D eigenvalue weighted by Gasteiger charge is -2.38. The van der Waals surface area contributed by atoms with Crippen molar-refractivity contribution in [1.82, 2.24) is 4.90 Å². The van der Waals surface area contributed by atoms with Crippen LogP contribution in [0.25, 0.3) is 0 Å². The van der Waals surface area contributed by atoms with Crippen LogP contribution in [0.1, 0.15) is 25.7 Å². The van der Waals surface area contributed by atoms with E-state index < -0.39 is 0 Å². The summed E-state index contributed by atoms with van der Waals surface area (Å²) < 4.78 is 0. The van der Waals surface area contributed by atoms with Crippen LogP contribution >= 0.6 is 0 Å². The Bertz CT molecular complexity index is 242. The minimum absolute atomic E-state index is 0.109. The molecule has 2 fully saturated rings. The fraction of sp³-hybridized carbons (Fsp3) is 0.909. The van der Waals surface area contributed by atoms with Crippen molar-refractivity contribution in [2.24, 2.45) is 23.3 Å². The first kappa shape index (κ1) is 10.9. The number of nitrogens with zero attached hydrogens (tertiary/aromatic N) is 1. The molecule has 2 aliphatic rings. The Morgan fingerprint density at radius 1 is 1.40 bits per heavy atom. The normalized spacial score (nSPS) is 37.9. The van der Waals surface area contributed by atoms with Crippen LogP contribution < -0.4 is 11.5 Å². The first-order chi connectivity index (χ1) is 7.13. The van der Waals surface area contributed by atoms with Gasteiger partial charge in [0, 0.05) is 18.6 Å². The summed E-state index contributed by atoms with van der Waals surface area (Å²) >= 11 is 0. The zero-order valence-corrected chi connectivity index (χ0v) is 9.36. The molecule has 0 aromatic carbocycles. The summed E-state index contributed by atoms with van der Waals surface area (Å²) in [4.78, 5) is 13.7. The van der Waals surface area contributed by atoms with Crippen molar-refractivity contribution in [3.8, 4) is 0 Å². The van der Waals surface area contributed by atoms with E-state index in [2.05, 4.69) is 11.9 Å². The van der Waals surface area contributed by atoms with Gasteiger partial charge in [-0.2, -0.15) is 0 Å². The van der Waals surface area contributed by atoms with E-state index in [4.69, 9.17) is 11.5 Å². The minimum Gasteiger partial charge on any atom is -0.369 e. The van der Waals surface area contributed by atoms with Crippen molar-refractivity contribution in [2.45, 2.75) is 37.8 Å². The number of hydrogen-bond donors (Lipinski definition) is 2. The Kier molecular flexibility index (Phi) is 2.98. The first-order valence-electron chi connectivity index (χ1n) is 5.84. The highest BCUT2D eigenvalue weighted by molar-refractivity contribution is 5.77. The molecule has 0 aromatic rings. The molecule has 2 bridgehead atoms. The third kappa shape index (κ3) is 1.88. The van der Waals surface area contributed by atoms with Gasteiger partial charge in [-0.15, -0.1) is 0 Å². The van der Waals surface area contributed by atoms with Crippen LogP contribution in [-0.4, -0.2) is 36.5 Å². The smallest absolute Gasteiger partial charge is 0.222 e. The number of primary amides is 1. The fourth-order valence-electron chi connectivity index (χ4n) is 3.32. The van der Waals surface area contributed by atoms with Crippen LogP contribution in [-0.2, 0) is 4.79 Å². The lowest BCUT2D eigenvalue weighted by atomic mass is 9.80. The molecule has 86 valence electrons. The zero-order chi connectivity index (χ0) is 11.0. The molecular formula is C11H21N3O.